The zero-order valence-corrected chi connectivity index (χ0v) is 9.35. The minimum Gasteiger partial charge on any atom is -0.476 e. The van der Waals surface area contributed by atoms with E-state index in [2.05, 4.69) is 17.0 Å². The smallest absolute Gasteiger partial charge is 0.358 e. The molecule has 1 fully saturated rings. The summed E-state index contributed by atoms with van der Waals surface area (Å²) >= 11 is 0. The molecule has 16 heavy (non-hydrogen) atoms. The zero-order chi connectivity index (χ0) is 11.5. The van der Waals surface area contributed by atoms with Crippen LogP contribution in [0.5, 0.6) is 0 Å². The van der Waals surface area contributed by atoms with Crippen molar-refractivity contribution >= 4 is 5.97 Å². The number of hydrogen-bond donors (Lipinski definition) is 1. The van der Waals surface area contributed by atoms with Gasteiger partial charge in [0.1, 0.15) is 0 Å². The highest BCUT2D eigenvalue weighted by Crippen LogP contribution is 2.30. The first kappa shape index (κ1) is 11.1. The number of piperidine rings is 1. The molecule has 1 saturated heterocycles. The molecule has 1 N–H and O–H groups in total. The Labute approximate surface area is 94.0 Å². The molecule has 0 saturated carbocycles. The molecular weight excluding hydrogens is 208 g/mol. The number of carboxylic acids is 1. The van der Waals surface area contributed by atoms with Crippen LogP contribution >= 0.6 is 0 Å². The predicted octanol–water partition coefficient (Wildman–Crippen LogP) is 1.92. The Morgan fingerprint density at radius 1 is 1.69 bits per heavy atom. The molecule has 1 aliphatic rings. The summed E-state index contributed by atoms with van der Waals surface area (Å²) in [7, 11) is 0. The third-order valence-electron chi connectivity index (χ3n) is 3.10. The SMILES string of the molecule is CCN1CCCCC1c1cc(C(=O)O)no1. The van der Waals surface area contributed by atoms with E-state index in [1.54, 1.807) is 6.07 Å². The van der Waals surface area contributed by atoms with Gasteiger partial charge < -0.3 is 9.63 Å². The molecule has 1 aromatic heterocycles. The van der Waals surface area contributed by atoms with Crippen molar-refractivity contribution in [3.8, 4) is 0 Å². The number of aromatic nitrogens is 1. The van der Waals surface area contributed by atoms with E-state index < -0.39 is 5.97 Å². The number of likely N-dealkylation sites (tertiary alicyclic amines) is 1. The molecule has 0 aromatic carbocycles. The highest BCUT2D eigenvalue weighted by Gasteiger charge is 2.26. The second-order valence-corrected chi connectivity index (χ2v) is 4.06. The Balaban J connectivity index is 2.17. The monoisotopic (exact) mass is 224 g/mol. The van der Waals surface area contributed by atoms with E-state index in [0.717, 1.165) is 25.9 Å². The van der Waals surface area contributed by atoms with Crippen molar-refractivity contribution in [1.29, 1.82) is 0 Å². The lowest BCUT2D eigenvalue weighted by molar-refractivity contribution is 0.0685. The van der Waals surface area contributed by atoms with E-state index in [9.17, 15) is 4.79 Å². The molecular formula is C11H16N2O3. The van der Waals surface area contributed by atoms with Crippen molar-refractivity contribution in [3.05, 3.63) is 17.5 Å². The van der Waals surface area contributed by atoms with Crippen molar-refractivity contribution in [2.24, 2.45) is 0 Å². The number of hydrogen-bond acceptors (Lipinski definition) is 4. The van der Waals surface area contributed by atoms with Gasteiger partial charge in [-0.1, -0.05) is 18.5 Å². The second kappa shape index (κ2) is 4.65. The van der Waals surface area contributed by atoms with Gasteiger partial charge in [0.25, 0.3) is 0 Å². The minimum atomic E-state index is -1.03. The minimum absolute atomic E-state index is 0.00312. The molecule has 0 amide bonds. The first-order chi connectivity index (χ1) is 7.72. The van der Waals surface area contributed by atoms with Crippen molar-refractivity contribution in [3.63, 3.8) is 0 Å². The average molecular weight is 224 g/mol. The summed E-state index contributed by atoms with van der Waals surface area (Å²) in [5.74, 6) is -0.354. The van der Waals surface area contributed by atoms with Gasteiger partial charge >= 0.3 is 5.97 Å². The lowest BCUT2D eigenvalue weighted by atomic mass is 10.00. The topological polar surface area (TPSA) is 66.6 Å². The third kappa shape index (κ3) is 2.09. The number of rotatable bonds is 3. The zero-order valence-electron chi connectivity index (χ0n) is 9.35. The summed E-state index contributed by atoms with van der Waals surface area (Å²) in [6.45, 7) is 4.10. The van der Waals surface area contributed by atoms with E-state index in [1.165, 1.54) is 6.42 Å². The highest BCUT2D eigenvalue weighted by molar-refractivity contribution is 5.85. The Kier molecular flexibility index (Phi) is 3.24. The average Bonchev–Trinajstić information content (AvgIpc) is 2.78. The quantitative estimate of drug-likeness (QED) is 0.849. The molecule has 0 radical (unpaired) electrons. The normalized spacial score (nSPS) is 22.2. The maximum Gasteiger partial charge on any atom is 0.358 e. The van der Waals surface area contributed by atoms with Gasteiger partial charge in [0.2, 0.25) is 0 Å². The Morgan fingerprint density at radius 2 is 2.50 bits per heavy atom. The molecule has 88 valence electrons. The fourth-order valence-corrected chi connectivity index (χ4v) is 2.24. The number of nitrogens with zero attached hydrogens (tertiary/aromatic N) is 2. The van der Waals surface area contributed by atoms with Gasteiger partial charge in [-0.25, -0.2) is 4.79 Å². The summed E-state index contributed by atoms with van der Waals surface area (Å²) in [6, 6.07) is 1.74. The molecule has 0 bridgehead atoms. The molecule has 1 atom stereocenters. The first-order valence-electron chi connectivity index (χ1n) is 5.66. The van der Waals surface area contributed by atoms with Crippen LogP contribution in [0.1, 0.15) is 48.5 Å². The largest absolute Gasteiger partial charge is 0.476 e. The summed E-state index contributed by atoms with van der Waals surface area (Å²) in [4.78, 5) is 13.0. The molecule has 1 unspecified atom stereocenters. The summed E-state index contributed by atoms with van der Waals surface area (Å²) < 4.78 is 5.12. The standard InChI is InChI=1S/C11H16N2O3/c1-2-13-6-4-3-5-9(13)10-7-8(11(14)15)12-16-10/h7,9H,2-6H2,1H3,(H,14,15). The van der Waals surface area contributed by atoms with E-state index in [0.29, 0.717) is 5.76 Å². The number of carboxylic acid groups (broad SMARTS) is 1. The van der Waals surface area contributed by atoms with Crippen molar-refractivity contribution in [1.82, 2.24) is 10.1 Å². The van der Waals surface area contributed by atoms with E-state index >= 15 is 0 Å². The van der Waals surface area contributed by atoms with Gasteiger partial charge in [-0.05, 0) is 25.9 Å². The molecule has 1 aromatic rings. The molecule has 0 spiro atoms. The first-order valence-corrected chi connectivity index (χ1v) is 5.66. The van der Waals surface area contributed by atoms with E-state index in [4.69, 9.17) is 9.63 Å². The van der Waals surface area contributed by atoms with Crippen LogP contribution in [0.2, 0.25) is 0 Å². The second-order valence-electron chi connectivity index (χ2n) is 4.06. The fraction of sp³-hybridized carbons (Fsp3) is 0.636. The molecule has 2 rings (SSSR count). The molecule has 0 aliphatic carbocycles. The van der Waals surface area contributed by atoms with Crippen LogP contribution in [-0.4, -0.2) is 34.2 Å². The molecule has 2 heterocycles. The van der Waals surface area contributed by atoms with Crippen LogP contribution < -0.4 is 0 Å². The van der Waals surface area contributed by atoms with Gasteiger partial charge in [-0.3, -0.25) is 4.90 Å². The van der Waals surface area contributed by atoms with Crippen molar-refractivity contribution in [2.45, 2.75) is 32.2 Å². The molecule has 1 aliphatic heterocycles. The maximum atomic E-state index is 10.7. The van der Waals surface area contributed by atoms with E-state index in [1.807, 2.05) is 0 Å². The van der Waals surface area contributed by atoms with Gasteiger partial charge in [0.05, 0.1) is 6.04 Å². The lowest BCUT2D eigenvalue weighted by Gasteiger charge is -2.32. The Bertz CT molecular complexity index is 375. The fourth-order valence-electron chi connectivity index (χ4n) is 2.24. The number of aromatic carboxylic acids is 1. The van der Waals surface area contributed by atoms with E-state index in [-0.39, 0.29) is 11.7 Å². The van der Waals surface area contributed by atoms with Gasteiger partial charge in [0, 0.05) is 6.07 Å². The van der Waals surface area contributed by atoms with Gasteiger partial charge in [-0.2, -0.15) is 0 Å². The van der Waals surface area contributed by atoms with Crippen molar-refractivity contribution < 1.29 is 14.4 Å². The summed E-state index contributed by atoms with van der Waals surface area (Å²) in [5.41, 5.74) is -0.00312. The van der Waals surface area contributed by atoms with Crippen LogP contribution in [0, 0.1) is 0 Å². The van der Waals surface area contributed by atoms with Gasteiger partial charge in [-0.15, -0.1) is 0 Å². The van der Waals surface area contributed by atoms with Crippen LogP contribution in [0.3, 0.4) is 0 Å². The maximum absolute atomic E-state index is 10.7. The Hall–Kier alpha value is -1.36. The van der Waals surface area contributed by atoms with Gasteiger partial charge in [0.15, 0.2) is 11.5 Å². The third-order valence-corrected chi connectivity index (χ3v) is 3.10. The lowest BCUT2D eigenvalue weighted by Crippen LogP contribution is -2.32. The highest BCUT2D eigenvalue weighted by atomic mass is 16.5. The Morgan fingerprint density at radius 3 is 3.12 bits per heavy atom. The summed E-state index contributed by atoms with van der Waals surface area (Å²) in [6.07, 6.45) is 3.37. The molecule has 5 heteroatoms. The van der Waals surface area contributed by atoms with Crippen LogP contribution in [-0.2, 0) is 0 Å². The van der Waals surface area contributed by atoms with Crippen LogP contribution in [0.4, 0.5) is 0 Å². The molecule has 5 nitrogen and oxygen atoms in total. The van der Waals surface area contributed by atoms with Crippen molar-refractivity contribution in [2.75, 3.05) is 13.1 Å². The van der Waals surface area contributed by atoms with Crippen LogP contribution in [0.25, 0.3) is 0 Å². The van der Waals surface area contributed by atoms with Crippen LogP contribution in [0.15, 0.2) is 10.6 Å². The number of carbonyl (C=O) groups is 1. The predicted molar refractivity (Wildman–Crippen MR) is 57.3 cm³/mol. The summed E-state index contributed by atoms with van der Waals surface area (Å²) in [5, 5.41) is 12.3.